The lowest BCUT2D eigenvalue weighted by Gasteiger charge is -1.95. The zero-order chi connectivity index (χ0) is 7.40. The molecule has 1 rings (SSSR count). The molecule has 0 aliphatic rings. The van der Waals surface area contributed by atoms with E-state index in [0.29, 0.717) is 5.82 Å². The second kappa shape index (κ2) is 2.86. The summed E-state index contributed by atoms with van der Waals surface area (Å²) in [4.78, 5) is 14.1. The Bertz CT molecular complexity index is 222. The highest BCUT2D eigenvalue weighted by Gasteiger charge is 1.93. The third kappa shape index (κ3) is 1.77. The van der Waals surface area contributed by atoms with E-state index >= 15 is 0 Å². The Morgan fingerprint density at radius 1 is 1.60 bits per heavy atom. The first-order valence-corrected chi connectivity index (χ1v) is 2.69. The van der Waals surface area contributed by atoms with E-state index in [4.69, 9.17) is 0 Å². The number of hydrogen-bond acceptors (Lipinski definition) is 4. The van der Waals surface area contributed by atoms with Gasteiger partial charge in [0.2, 0.25) is 5.91 Å². The Labute approximate surface area is 57.5 Å². The van der Waals surface area contributed by atoms with Gasteiger partial charge in [0.15, 0.2) is 5.82 Å². The van der Waals surface area contributed by atoms with Gasteiger partial charge in [0.25, 0.3) is 0 Å². The van der Waals surface area contributed by atoms with Crippen LogP contribution in [0.1, 0.15) is 6.92 Å². The molecule has 1 aromatic rings. The van der Waals surface area contributed by atoms with Gasteiger partial charge in [0, 0.05) is 6.92 Å². The number of carbonyl (C=O) groups excluding carboxylic acids is 1. The molecular weight excluding hydrogens is 132 g/mol. The lowest BCUT2D eigenvalue weighted by Crippen LogP contribution is -2.07. The molecule has 10 heavy (non-hydrogen) atoms. The minimum atomic E-state index is -0.166. The smallest absolute Gasteiger partial charge is 0.222 e. The van der Waals surface area contributed by atoms with E-state index in [1.54, 1.807) is 0 Å². The first-order chi connectivity index (χ1) is 4.79. The minimum absolute atomic E-state index is 0.166. The number of aromatic nitrogens is 3. The summed E-state index contributed by atoms with van der Waals surface area (Å²) in [5.41, 5.74) is 0. The molecule has 1 amide bonds. The van der Waals surface area contributed by atoms with Gasteiger partial charge in [-0.15, -0.1) is 5.10 Å². The monoisotopic (exact) mass is 138 g/mol. The molecular formula is C5H6N4O. The maximum Gasteiger partial charge on any atom is 0.222 e. The van der Waals surface area contributed by atoms with Gasteiger partial charge in [0.1, 0.15) is 6.33 Å². The summed E-state index contributed by atoms with van der Waals surface area (Å²) in [5.74, 6) is 0.253. The van der Waals surface area contributed by atoms with Crippen molar-refractivity contribution in [2.45, 2.75) is 6.92 Å². The van der Waals surface area contributed by atoms with Crippen molar-refractivity contribution in [3.05, 3.63) is 12.5 Å². The van der Waals surface area contributed by atoms with Gasteiger partial charge in [-0.05, 0) is 0 Å². The Kier molecular flexibility index (Phi) is 1.89. The van der Waals surface area contributed by atoms with Crippen LogP contribution >= 0.6 is 0 Å². The first-order valence-electron chi connectivity index (χ1n) is 2.69. The topological polar surface area (TPSA) is 67.8 Å². The standard InChI is InChI=1S/C5H6N4O/c1-4(10)9-5-2-7-8-3-6-5/h2-3H,1H3,(H,6,8,9,10). The van der Waals surface area contributed by atoms with Gasteiger partial charge in [-0.25, -0.2) is 4.98 Å². The molecule has 0 bridgehead atoms. The van der Waals surface area contributed by atoms with Crippen molar-refractivity contribution in [3.8, 4) is 0 Å². The lowest BCUT2D eigenvalue weighted by atomic mass is 10.6. The third-order valence-corrected chi connectivity index (χ3v) is 0.799. The van der Waals surface area contributed by atoms with Crippen molar-refractivity contribution in [1.82, 2.24) is 15.2 Å². The number of amides is 1. The van der Waals surface area contributed by atoms with Crippen LogP contribution in [0, 0.1) is 0 Å². The van der Waals surface area contributed by atoms with Crippen LogP contribution in [0.3, 0.4) is 0 Å². The van der Waals surface area contributed by atoms with E-state index in [1.807, 2.05) is 0 Å². The van der Waals surface area contributed by atoms with Crippen molar-refractivity contribution in [3.63, 3.8) is 0 Å². The summed E-state index contributed by atoms with van der Waals surface area (Å²) in [6, 6.07) is 0. The fraction of sp³-hybridized carbons (Fsp3) is 0.200. The van der Waals surface area contributed by atoms with Crippen molar-refractivity contribution in [2.24, 2.45) is 0 Å². The van der Waals surface area contributed by atoms with Gasteiger partial charge >= 0.3 is 0 Å². The number of carbonyl (C=O) groups is 1. The summed E-state index contributed by atoms with van der Waals surface area (Å²) in [7, 11) is 0. The number of rotatable bonds is 1. The van der Waals surface area contributed by atoms with E-state index in [9.17, 15) is 4.79 Å². The molecule has 0 spiro atoms. The Morgan fingerprint density at radius 2 is 2.40 bits per heavy atom. The highest BCUT2D eigenvalue weighted by molar-refractivity contribution is 5.87. The summed E-state index contributed by atoms with van der Waals surface area (Å²) in [6.07, 6.45) is 2.65. The van der Waals surface area contributed by atoms with Gasteiger partial charge in [-0.2, -0.15) is 5.10 Å². The molecule has 0 aliphatic carbocycles. The van der Waals surface area contributed by atoms with E-state index < -0.39 is 0 Å². The van der Waals surface area contributed by atoms with Gasteiger partial charge in [-0.3, -0.25) is 4.79 Å². The highest BCUT2D eigenvalue weighted by Crippen LogP contribution is 1.93. The Hall–Kier alpha value is -1.52. The minimum Gasteiger partial charge on any atom is -0.310 e. The quantitative estimate of drug-likeness (QED) is 0.585. The van der Waals surface area contributed by atoms with E-state index in [0.717, 1.165) is 0 Å². The maximum atomic E-state index is 10.4. The van der Waals surface area contributed by atoms with Crippen LogP contribution in [-0.4, -0.2) is 21.1 Å². The highest BCUT2D eigenvalue weighted by atomic mass is 16.1. The molecule has 0 aromatic carbocycles. The molecule has 5 heteroatoms. The van der Waals surface area contributed by atoms with Crippen molar-refractivity contribution in [2.75, 3.05) is 5.32 Å². The fourth-order valence-electron chi connectivity index (χ4n) is 0.484. The fourth-order valence-corrected chi connectivity index (χ4v) is 0.484. The average molecular weight is 138 g/mol. The normalized spacial score (nSPS) is 8.90. The largest absolute Gasteiger partial charge is 0.310 e. The summed E-state index contributed by atoms with van der Waals surface area (Å²) < 4.78 is 0. The van der Waals surface area contributed by atoms with Crippen LogP contribution in [-0.2, 0) is 4.79 Å². The Balaban J connectivity index is 2.67. The molecule has 0 saturated carbocycles. The summed E-state index contributed by atoms with van der Waals surface area (Å²) >= 11 is 0. The maximum absolute atomic E-state index is 10.4. The molecule has 0 unspecified atom stereocenters. The third-order valence-electron chi connectivity index (χ3n) is 0.799. The lowest BCUT2D eigenvalue weighted by molar-refractivity contribution is -0.114. The predicted molar refractivity (Wildman–Crippen MR) is 34.1 cm³/mol. The second-order valence-corrected chi connectivity index (χ2v) is 1.67. The van der Waals surface area contributed by atoms with Crippen LogP contribution in [0.25, 0.3) is 0 Å². The van der Waals surface area contributed by atoms with E-state index in [-0.39, 0.29) is 5.91 Å². The molecule has 1 heterocycles. The number of nitrogens with zero attached hydrogens (tertiary/aromatic N) is 3. The molecule has 0 fully saturated rings. The molecule has 0 radical (unpaired) electrons. The Morgan fingerprint density at radius 3 is 2.90 bits per heavy atom. The number of anilines is 1. The van der Waals surface area contributed by atoms with Crippen LogP contribution in [0.2, 0.25) is 0 Å². The van der Waals surface area contributed by atoms with Gasteiger partial charge in [-0.1, -0.05) is 0 Å². The molecule has 0 saturated heterocycles. The molecule has 52 valence electrons. The molecule has 0 atom stereocenters. The zero-order valence-corrected chi connectivity index (χ0v) is 5.40. The molecule has 1 aromatic heterocycles. The van der Waals surface area contributed by atoms with Crippen molar-refractivity contribution < 1.29 is 4.79 Å². The molecule has 5 nitrogen and oxygen atoms in total. The second-order valence-electron chi connectivity index (χ2n) is 1.67. The van der Waals surface area contributed by atoms with Gasteiger partial charge < -0.3 is 5.32 Å². The van der Waals surface area contributed by atoms with Crippen molar-refractivity contribution in [1.29, 1.82) is 0 Å². The first kappa shape index (κ1) is 6.60. The average Bonchev–Trinajstić information content (AvgIpc) is 1.88. The summed E-state index contributed by atoms with van der Waals surface area (Å²) in [6.45, 7) is 1.40. The van der Waals surface area contributed by atoms with Crippen molar-refractivity contribution >= 4 is 11.7 Å². The van der Waals surface area contributed by atoms with Crippen LogP contribution in [0.5, 0.6) is 0 Å². The SMILES string of the molecule is CC(=O)Nc1cnncn1. The number of nitrogens with one attached hydrogen (secondary N) is 1. The molecule has 0 aliphatic heterocycles. The van der Waals surface area contributed by atoms with E-state index in [1.165, 1.54) is 19.4 Å². The van der Waals surface area contributed by atoms with Crippen LogP contribution in [0.4, 0.5) is 5.82 Å². The predicted octanol–water partition coefficient (Wildman–Crippen LogP) is -0.170. The summed E-state index contributed by atoms with van der Waals surface area (Å²) in [5, 5.41) is 9.40. The van der Waals surface area contributed by atoms with Crippen LogP contribution in [0.15, 0.2) is 12.5 Å². The van der Waals surface area contributed by atoms with E-state index in [2.05, 4.69) is 20.5 Å². The number of hydrogen-bond donors (Lipinski definition) is 1. The van der Waals surface area contributed by atoms with Crippen LogP contribution < -0.4 is 5.32 Å². The zero-order valence-electron chi connectivity index (χ0n) is 5.40. The molecule has 1 N–H and O–H groups in total. The van der Waals surface area contributed by atoms with Gasteiger partial charge in [0.05, 0.1) is 6.20 Å².